The summed E-state index contributed by atoms with van der Waals surface area (Å²) in [4.78, 5) is 30.0. The molecule has 6 rings (SSSR count). The first-order chi connectivity index (χ1) is 19.3. The summed E-state index contributed by atoms with van der Waals surface area (Å²) in [5, 5.41) is 2.73. The molecule has 3 aliphatic rings. The first-order valence-corrected chi connectivity index (χ1v) is 14.4. The molecule has 1 fully saturated rings. The molecular formula is C29H30ClN3O6S. The van der Waals surface area contributed by atoms with Crippen LogP contribution in [0.5, 0.6) is 5.75 Å². The molecule has 3 aliphatic heterocycles. The number of fused-ring (bicyclic) bond motifs is 4. The Morgan fingerprint density at radius 3 is 2.77 bits per heavy atom. The van der Waals surface area contributed by atoms with Crippen LogP contribution in [0.2, 0.25) is 5.02 Å². The number of methoxy groups -OCH3 is 1. The first kappa shape index (κ1) is 27.2. The molecule has 40 heavy (non-hydrogen) atoms. The summed E-state index contributed by atoms with van der Waals surface area (Å²) >= 11 is 8.70. The summed E-state index contributed by atoms with van der Waals surface area (Å²) in [5.74, 6) is -0.568. The highest BCUT2D eigenvalue weighted by Crippen LogP contribution is 2.46. The molecule has 2 atom stereocenters. The van der Waals surface area contributed by atoms with Gasteiger partial charge in [-0.05, 0) is 37.1 Å². The smallest absolute Gasteiger partial charge is 0.278 e. The molecule has 210 valence electrons. The maximum Gasteiger partial charge on any atom is 0.278 e. The molecule has 11 heteroatoms. The van der Waals surface area contributed by atoms with E-state index in [1.807, 2.05) is 24.3 Å². The van der Waals surface area contributed by atoms with E-state index < -0.39 is 17.4 Å². The van der Waals surface area contributed by atoms with Crippen molar-refractivity contribution in [3.8, 4) is 5.75 Å². The summed E-state index contributed by atoms with van der Waals surface area (Å²) < 4.78 is 24.5. The van der Waals surface area contributed by atoms with Crippen molar-refractivity contribution in [2.24, 2.45) is 0 Å². The Hall–Kier alpha value is -3.02. The van der Waals surface area contributed by atoms with Crippen molar-refractivity contribution in [2.75, 3.05) is 38.7 Å². The van der Waals surface area contributed by atoms with Gasteiger partial charge in [-0.2, -0.15) is 0 Å². The van der Waals surface area contributed by atoms with Gasteiger partial charge in [-0.15, -0.1) is 11.8 Å². The number of halogens is 1. The topological polar surface area (TPSA) is 82.5 Å². The molecule has 1 amide bonds. The lowest BCUT2D eigenvalue weighted by molar-refractivity contribution is -0.225. The average molecular weight is 584 g/mol. The fourth-order valence-electron chi connectivity index (χ4n) is 5.39. The van der Waals surface area contributed by atoms with Gasteiger partial charge in [0.05, 0.1) is 13.2 Å². The van der Waals surface area contributed by atoms with Crippen LogP contribution in [0, 0.1) is 0 Å². The number of pyridine rings is 1. The molecule has 1 aromatic heterocycles. The second kappa shape index (κ2) is 10.8. The highest BCUT2D eigenvalue weighted by atomic mass is 35.5. The molecular weight excluding hydrogens is 554 g/mol. The van der Waals surface area contributed by atoms with Gasteiger partial charge < -0.3 is 23.8 Å². The quantitative estimate of drug-likeness (QED) is 0.396. The van der Waals surface area contributed by atoms with Crippen LogP contribution in [0.3, 0.4) is 0 Å². The maximum absolute atomic E-state index is 14.0. The molecule has 2 aromatic carbocycles. The molecule has 0 radical (unpaired) electrons. The van der Waals surface area contributed by atoms with Gasteiger partial charge >= 0.3 is 0 Å². The van der Waals surface area contributed by atoms with Crippen LogP contribution in [-0.2, 0) is 20.0 Å². The predicted molar refractivity (Wildman–Crippen MR) is 152 cm³/mol. The third-order valence-corrected chi connectivity index (χ3v) is 9.00. The number of hydrogen-bond donors (Lipinski definition) is 0. The lowest BCUT2D eigenvalue weighted by Gasteiger charge is -2.51. The van der Waals surface area contributed by atoms with E-state index in [1.54, 1.807) is 41.4 Å². The van der Waals surface area contributed by atoms with Crippen molar-refractivity contribution in [2.45, 2.75) is 42.5 Å². The number of benzene rings is 2. The third-order valence-electron chi connectivity index (χ3n) is 7.54. The van der Waals surface area contributed by atoms with Gasteiger partial charge in [0.1, 0.15) is 12.2 Å². The van der Waals surface area contributed by atoms with Crippen molar-refractivity contribution >= 4 is 29.3 Å². The van der Waals surface area contributed by atoms with E-state index in [2.05, 4.69) is 23.2 Å². The Morgan fingerprint density at radius 2 is 1.95 bits per heavy atom. The maximum atomic E-state index is 14.0. The Bertz CT molecular complexity index is 1510. The van der Waals surface area contributed by atoms with Crippen LogP contribution < -0.4 is 15.2 Å². The van der Waals surface area contributed by atoms with Crippen molar-refractivity contribution in [3.63, 3.8) is 0 Å². The van der Waals surface area contributed by atoms with E-state index in [1.165, 1.54) is 13.2 Å². The molecule has 0 bridgehead atoms. The minimum Gasteiger partial charge on any atom is -0.461 e. The molecule has 0 spiro atoms. The van der Waals surface area contributed by atoms with E-state index in [4.69, 9.17) is 30.5 Å². The molecule has 0 N–H and O–H groups in total. The second-order valence-corrected chi connectivity index (χ2v) is 11.6. The number of rotatable bonds is 6. The number of morpholine rings is 1. The van der Waals surface area contributed by atoms with Gasteiger partial charge in [0.15, 0.2) is 18.3 Å². The fraction of sp³-hybridized carbons (Fsp3) is 0.379. The van der Waals surface area contributed by atoms with E-state index in [0.29, 0.717) is 24.8 Å². The molecule has 0 saturated carbocycles. The molecule has 1 saturated heterocycles. The molecule has 4 heterocycles. The number of ether oxygens (including phenoxy) is 4. The summed E-state index contributed by atoms with van der Waals surface area (Å²) in [7, 11) is 1.52. The van der Waals surface area contributed by atoms with E-state index in [9.17, 15) is 9.59 Å². The monoisotopic (exact) mass is 583 g/mol. The SMILES string of the molecule is COC(C)(C)OCOc1c2n(ccc1=O)N([C@@H]1c3ccccc3SCc3cccc(Cl)c31)[C@@H]1COCCN1C2=O. The Kier molecular flexibility index (Phi) is 7.30. The summed E-state index contributed by atoms with van der Waals surface area (Å²) in [6, 6.07) is 15.2. The lowest BCUT2D eigenvalue weighted by atomic mass is 9.93. The Morgan fingerprint density at radius 1 is 1.12 bits per heavy atom. The van der Waals surface area contributed by atoms with Crippen LogP contribution in [0.15, 0.2) is 64.4 Å². The normalized spacial score (nSPS) is 20.2. The third kappa shape index (κ3) is 4.67. The number of carbonyl (C=O) groups is 1. The summed E-state index contributed by atoms with van der Waals surface area (Å²) in [5.41, 5.74) is 2.83. The van der Waals surface area contributed by atoms with Crippen LogP contribution in [0.1, 0.15) is 47.1 Å². The lowest BCUT2D eigenvalue weighted by Crippen LogP contribution is -2.66. The zero-order valence-electron chi connectivity index (χ0n) is 22.5. The van der Waals surface area contributed by atoms with Crippen molar-refractivity contribution in [1.82, 2.24) is 9.58 Å². The Labute approximate surface area is 241 Å². The van der Waals surface area contributed by atoms with Crippen LogP contribution in [0.25, 0.3) is 0 Å². The van der Waals surface area contributed by atoms with Gasteiger partial charge in [0.2, 0.25) is 11.2 Å². The fourth-order valence-corrected chi connectivity index (χ4v) is 6.77. The molecule has 0 aliphatic carbocycles. The number of nitrogens with zero attached hydrogens (tertiary/aromatic N) is 3. The predicted octanol–water partition coefficient (Wildman–Crippen LogP) is 4.38. The minimum absolute atomic E-state index is 0.0787. The van der Waals surface area contributed by atoms with Crippen LogP contribution >= 0.6 is 23.4 Å². The van der Waals surface area contributed by atoms with E-state index in [0.717, 1.165) is 27.3 Å². The zero-order valence-corrected chi connectivity index (χ0v) is 24.0. The Balaban J connectivity index is 1.56. The largest absolute Gasteiger partial charge is 0.461 e. The minimum atomic E-state index is -0.932. The van der Waals surface area contributed by atoms with E-state index in [-0.39, 0.29) is 30.2 Å². The second-order valence-electron chi connectivity index (χ2n) is 10.2. The molecule has 0 unspecified atom stereocenters. The number of hydrogen-bond acceptors (Lipinski definition) is 8. The van der Waals surface area contributed by atoms with Gasteiger partial charge in [-0.1, -0.05) is 41.9 Å². The average Bonchev–Trinajstić information content (AvgIpc) is 3.12. The van der Waals surface area contributed by atoms with Gasteiger partial charge in [-0.25, -0.2) is 0 Å². The number of carbonyl (C=O) groups excluding carboxylic acids is 1. The number of amides is 1. The number of aromatic nitrogens is 1. The highest BCUT2D eigenvalue weighted by Gasteiger charge is 2.46. The summed E-state index contributed by atoms with van der Waals surface area (Å²) in [6.07, 6.45) is 1.18. The van der Waals surface area contributed by atoms with Gasteiger partial charge in [0, 0.05) is 47.2 Å². The van der Waals surface area contributed by atoms with Crippen LogP contribution in [-0.4, -0.2) is 61.1 Å². The highest BCUT2D eigenvalue weighted by molar-refractivity contribution is 7.98. The van der Waals surface area contributed by atoms with Crippen molar-refractivity contribution in [3.05, 3.63) is 92.4 Å². The van der Waals surface area contributed by atoms with Crippen LogP contribution in [0.4, 0.5) is 0 Å². The van der Waals surface area contributed by atoms with Gasteiger partial charge in [0.25, 0.3) is 5.91 Å². The molecule has 3 aromatic rings. The van der Waals surface area contributed by atoms with Crippen molar-refractivity contribution in [1.29, 1.82) is 0 Å². The zero-order chi connectivity index (χ0) is 28.0. The van der Waals surface area contributed by atoms with Crippen molar-refractivity contribution < 1.29 is 23.7 Å². The summed E-state index contributed by atoms with van der Waals surface area (Å²) in [6.45, 7) is 4.25. The standard InChI is InChI=1S/C29H30ClN3O6S/c1-29(2,36-3)39-17-38-27-21(34)11-12-32-26(27)28(35)31-13-14-37-15-23(31)33(32)25-19-8-4-5-10-22(19)40-16-18-7-6-9-20(30)24(18)25/h4-12,23,25H,13-17H2,1-3H3/t23-,25-/m1/s1. The first-order valence-electron chi connectivity index (χ1n) is 13.0. The number of thioether (sulfide) groups is 1. The van der Waals surface area contributed by atoms with Gasteiger partial charge in [-0.3, -0.25) is 19.3 Å². The molecule has 9 nitrogen and oxygen atoms in total. The van der Waals surface area contributed by atoms with E-state index >= 15 is 0 Å².